The highest BCUT2D eigenvalue weighted by Crippen LogP contribution is 2.30. The summed E-state index contributed by atoms with van der Waals surface area (Å²) in [5.74, 6) is -0.202. The number of likely N-dealkylation sites (tertiary alicyclic amines) is 1. The van der Waals surface area contributed by atoms with E-state index in [1.807, 2.05) is 18.4 Å². The normalized spacial score (nSPS) is 14.6. The topological polar surface area (TPSA) is 71.4 Å². The molecule has 27 heavy (non-hydrogen) atoms. The predicted octanol–water partition coefficient (Wildman–Crippen LogP) is 3.40. The van der Waals surface area contributed by atoms with Crippen LogP contribution in [0.4, 0.5) is 5.69 Å². The molecule has 0 radical (unpaired) electrons. The molecule has 0 saturated carbocycles. The highest BCUT2D eigenvalue weighted by molar-refractivity contribution is 7.98. The second-order valence-electron chi connectivity index (χ2n) is 6.77. The molecule has 146 valence electrons. The molecule has 0 bridgehead atoms. The lowest BCUT2D eigenvalue weighted by Crippen LogP contribution is -2.30. The van der Waals surface area contributed by atoms with E-state index in [0.717, 1.165) is 17.7 Å². The minimum Gasteiger partial charge on any atom is -0.350 e. The van der Waals surface area contributed by atoms with Crippen LogP contribution in [0, 0.1) is 13.8 Å². The Morgan fingerprint density at radius 3 is 2.44 bits per heavy atom. The monoisotopic (exact) mass is 407 g/mol. The average molecular weight is 408 g/mol. The highest BCUT2D eigenvalue weighted by Gasteiger charge is 2.33. The van der Waals surface area contributed by atoms with Gasteiger partial charge in [0, 0.05) is 42.1 Å². The zero-order valence-electron chi connectivity index (χ0n) is 16.1. The van der Waals surface area contributed by atoms with Crippen molar-refractivity contribution in [3.8, 4) is 0 Å². The molecule has 1 aromatic carbocycles. The number of thioether (sulfide) groups is 1. The maximum absolute atomic E-state index is 13.2. The molecule has 1 N–H and O–H groups in total. The number of nitrogens with zero attached hydrogens (tertiary/aromatic N) is 2. The Bertz CT molecular complexity index is 974. The number of carbonyl (C=O) groups is 1. The Morgan fingerprint density at radius 2 is 1.81 bits per heavy atom. The van der Waals surface area contributed by atoms with Crippen LogP contribution in [-0.2, 0) is 17.1 Å². The van der Waals surface area contributed by atoms with Crippen LogP contribution in [0.3, 0.4) is 0 Å². The summed E-state index contributed by atoms with van der Waals surface area (Å²) in [6, 6.07) is 7.23. The molecule has 2 heterocycles. The summed E-state index contributed by atoms with van der Waals surface area (Å²) in [5, 5.41) is 0. The first-order valence-corrected chi connectivity index (χ1v) is 11.6. The molecule has 1 aromatic heterocycles. The maximum atomic E-state index is 13.2. The number of carbonyl (C=O) groups excluding carboxylic acids is 1. The second kappa shape index (κ2) is 7.59. The average Bonchev–Trinajstić information content (AvgIpc) is 3.24. The van der Waals surface area contributed by atoms with E-state index in [2.05, 4.69) is 4.72 Å². The van der Waals surface area contributed by atoms with Gasteiger partial charge in [-0.15, -0.1) is 11.8 Å². The Hall–Kier alpha value is -1.93. The fraction of sp³-hybridized carbons (Fsp3) is 0.421. The molecule has 0 aliphatic carbocycles. The molecule has 1 amide bonds. The van der Waals surface area contributed by atoms with E-state index < -0.39 is 10.0 Å². The van der Waals surface area contributed by atoms with Crippen molar-refractivity contribution in [1.82, 2.24) is 9.47 Å². The minimum atomic E-state index is -3.90. The largest absolute Gasteiger partial charge is 0.350 e. The van der Waals surface area contributed by atoms with E-state index >= 15 is 0 Å². The van der Waals surface area contributed by atoms with Crippen LogP contribution in [0.25, 0.3) is 0 Å². The molecule has 0 unspecified atom stereocenters. The molecular formula is C19H25N3O3S2. The Morgan fingerprint density at radius 1 is 1.15 bits per heavy atom. The van der Waals surface area contributed by atoms with Crippen LogP contribution in [0.2, 0.25) is 0 Å². The van der Waals surface area contributed by atoms with Crippen molar-refractivity contribution in [3.05, 3.63) is 41.2 Å². The van der Waals surface area contributed by atoms with E-state index in [-0.39, 0.29) is 16.4 Å². The molecule has 1 aliphatic rings. The first-order valence-electron chi connectivity index (χ1n) is 8.88. The standard InChI is InChI=1S/C19H25N3O3S2/c1-13-17(19(23)22-10-5-6-11-22)18(14(2)21(13)3)27(24,25)20-15-8-7-9-16(12-15)26-4/h7-9,12,20H,5-6,10-11H2,1-4H3. The molecule has 1 fully saturated rings. The van der Waals surface area contributed by atoms with Crippen molar-refractivity contribution >= 4 is 33.4 Å². The van der Waals surface area contributed by atoms with Gasteiger partial charge in [-0.1, -0.05) is 6.07 Å². The number of nitrogens with one attached hydrogen (secondary N) is 1. The Balaban J connectivity index is 2.06. The van der Waals surface area contributed by atoms with Crippen molar-refractivity contribution < 1.29 is 13.2 Å². The fourth-order valence-corrected chi connectivity index (χ4v) is 5.50. The van der Waals surface area contributed by atoms with Crippen molar-refractivity contribution in [1.29, 1.82) is 0 Å². The van der Waals surface area contributed by atoms with Crippen LogP contribution >= 0.6 is 11.8 Å². The van der Waals surface area contributed by atoms with E-state index in [1.54, 1.807) is 42.5 Å². The summed E-state index contributed by atoms with van der Waals surface area (Å²) >= 11 is 1.54. The predicted molar refractivity (Wildman–Crippen MR) is 109 cm³/mol. The van der Waals surface area contributed by atoms with Crippen LogP contribution < -0.4 is 4.72 Å². The minimum absolute atomic E-state index is 0.0777. The molecule has 1 aliphatic heterocycles. The zero-order chi connectivity index (χ0) is 19.8. The van der Waals surface area contributed by atoms with Crippen LogP contribution in [0.5, 0.6) is 0 Å². The van der Waals surface area contributed by atoms with E-state index in [9.17, 15) is 13.2 Å². The van der Waals surface area contributed by atoms with E-state index in [0.29, 0.717) is 30.2 Å². The fourth-order valence-electron chi connectivity index (χ4n) is 3.47. The quantitative estimate of drug-likeness (QED) is 0.771. The number of rotatable bonds is 5. The van der Waals surface area contributed by atoms with Crippen molar-refractivity contribution in [2.75, 3.05) is 24.1 Å². The molecule has 0 atom stereocenters. The number of hydrogen-bond donors (Lipinski definition) is 1. The lowest BCUT2D eigenvalue weighted by Gasteiger charge is -2.17. The van der Waals surface area contributed by atoms with Gasteiger partial charge >= 0.3 is 0 Å². The number of amides is 1. The number of aromatic nitrogens is 1. The summed E-state index contributed by atoms with van der Waals surface area (Å²) in [4.78, 5) is 15.9. The maximum Gasteiger partial charge on any atom is 0.264 e. The second-order valence-corrected chi connectivity index (χ2v) is 9.27. The van der Waals surface area contributed by atoms with Crippen molar-refractivity contribution in [2.45, 2.75) is 36.5 Å². The third-order valence-electron chi connectivity index (χ3n) is 5.12. The van der Waals surface area contributed by atoms with E-state index in [1.165, 1.54) is 11.8 Å². The molecule has 8 heteroatoms. The molecule has 1 saturated heterocycles. The van der Waals surface area contributed by atoms with E-state index in [4.69, 9.17) is 0 Å². The number of sulfonamides is 1. The van der Waals surface area contributed by atoms with Gasteiger partial charge in [0.2, 0.25) is 0 Å². The number of benzene rings is 1. The van der Waals surface area contributed by atoms with Gasteiger partial charge in [-0.25, -0.2) is 8.42 Å². The number of anilines is 1. The summed E-state index contributed by atoms with van der Waals surface area (Å²) in [7, 11) is -2.11. The zero-order valence-corrected chi connectivity index (χ0v) is 17.7. The third kappa shape index (κ3) is 3.73. The van der Waals surface area contributed by atoms with Crippen LogP contribution in [0.1, 0.15) is 34.6 Å². The lowest BCUT2D eigenvalue weighted by molar-refractivity contribution is 0.0788. The van der Waals surface area contributed by atoms with Gasteiger partial charge in [-0.05, 0) is 51.1 Å². The van der Waals surface area contributed by atoms with Gasteiger partial charge in [-0.2, -0.15) is 0 Å². The van der Waals surface area contributed by atoms with Gasteiger partial charge in [0.05, 0.1) is 5.56 Å². The first-order chi connectivity index (χ1) is 12.8. The van der Waals surface area contributed by atoms with Gasteiger partial charge in [-0.3, -0.25) is 9.52 Å². The Kier molecular flexibility index (Phi) is 5.58. The summed E-state index contributed by atoms with van der Waals surface area (Å²) in [5.41, 5.74) is 2.00. The molecular weight excluding hydrogens is 382 g/mol. The van der Waals surface area contributed by atoms with Crippen molar-refractivity contribution in [3.63, 3.8) is 0 Å². The smallest absolute Gasteiger partial charge is 0.264 e. The summed E-state index contributed by atoms with van der Waals surface area (Å²) in [6.45, 7) is 4.88. The van der Waals surface area contributed by atoms with Crippen molar-refractivity contribution in [2.24, 2.45) is 7.05 Å². The van der Waals surface area contributed by atoms with Gasteiger partial charge < -0.3 is 9.47 Å². The molecule has 6 nitrogen and oxygen atoms in total. The Labute approximate surface area is 165 Å². The first kappa shape index (κ1) is 19.8. The van der Waals surface area contributed by atoms with Gasteiger partial charge in [0.1, 0.15) is 4.90 Å². The van der Waals surface area contributed by atoms with Gasteiger partial charge in [0.25, 0.3) is 15.9 Å². The summed E-state index contributed by atoms with van der Waals surface area (Å²) < 4.78 is 30.9. The molecule has 0 spiro atoms. The molecule has 3 rings (SSSR count). The lowest BCUT2D eigenvalue weighted by atomic mass is 10.2. The van der Waals surface area contributed by atoms with Crippen LogP contribution in [0.15, 0.2) is 34.1 Å². The molecule has 2 aromatic rings. The highest BCUT2D eigenvalue weighted by atomic mass is 32.2. The summed E-state index contributed by atoms with van der Waals surface area (Å²) in [6.07, 6.45) is 3.85. The third-order valence-corrected chi connectivity index (χ3v) is 7.39. The SMILES string of the molecule is CSc1cccc(NS(=O)(=O)c2c(C(=O)N3CCCC3)c(C)n(C)c2C)c1. The van der Waals surface area contributed by atoms with Crippen LogP contribution in [-0.4, -0.2) is 43.1 Å². The van der Waals surface area contributed by atoms with Gasteiger partial charge in [0.15, 0.2) is 0 Å². The number of hydrogen-bond acceptors (Lipinski definition) is 4.